The summed E-state index contributed by atoms with van der Waals surface area (Å²) in [7, 11) is 0. The first-order valence-corrected chi connectivity index (χ1v) is 4.45. The van der Waals surface area contributed by atoms with Crippen molar-refractivity contribution in [1.82, 2.24) is 10.6 Å². The third kappa shape index (κ3) is 2.61. The second-order valence-electron chi connectivity index (χ2n) is 3.31. The maximum absolute atomic E-state index is 11.6. The SMILES string of the molecule is C=CCC1(CC=C)C(=O)NC(=O)NC1=O.[Na]. The molecule has 0 aromatic rings. The van der Waals surface area contributed by atoms with E-state index in [0.29, 0.717) is 0 Å². The van der Waals surface area contributed by atoms with E-state index in [9.17, 15) is 14.4 Å². The van der Waals surface area contributed by atoms with E-state index in [-0.39, 0.29) is 42.4 Å². The van der Waals surface area contributed by atoms with Gasteiger partial charge in [-0.05, 0) is 12.8 Å². The molecule has 0 aliphatic carbocycles. The molecule has 6 heteroatoms. The van der Waals surface area contributed by atoms with Crippen LogP contribution < -0.4 is 10.6 Å². The number of hydrogen-bond donors (Lipinski definition) is 2. The monoisotopic (exact) mass is 231 g/mol. The van der Waals surface area contributed by atoms with Gasteiger partial charge in [-0.1, -0.05) is 12.2 Å². The first-order valence-electron chi connectivity index (χ1n) is 4.45. The fraction of sp³-hybridized carbons (Fsp3) is 0.300. The Hall–Kier alpha value is -0.910. The summed E-state index contributed by atoms with van der Waals surface area (Å²) in [5.74, 6) is -1.20. The first-order chi connectivity index (χ1) is 7.06. The molecule has 1 radical (unpaired) electrons. The maximum atomic E-state index is 11.6. The van der Waals surface area contributed by atoms with Crippen molar-refractivity contribution >= 4 is 47.4 Å². The van der Waals surface area contributed by atoms with Crippen LogP contribution in [0.25, 0.3) is 0 Å². The van der Waals surface area contributed by atoms with E-state index in [1.165, 1.54) is 12.2 Å². The number of rotatable bonds is 4. The number of carbonyl (C=O) groups excluding carboxylic acids is 3. The van der Waals surface area contributed by atoms with E-state index >= 15 is 0 Å². The van der Waals surface area contributed by atoms with Gasteiger partial charge < -0.3 is 0 Å². The number of imide groups is 2. The van der Waals surface area contributed by atoms with Gasteiger partial charge in [0.2, 0.25) is 11.8 Å². The fourth-order valence-electron chi connectivity index (χ4n) is 1.53. The predicted octanol–water partition coefficient (Wildman–Crippen LogP) is 0.110. The number of carbonyl (C=O) groups is 3. The van der Waals surface area contributed by atoms with Crippen LogP contribution in [0.5, 0.6) is 0 Å². The minimum atomic E-state index is -1.28. The molecule has 2 N–H and O–H groups in total. The molecule has 0 bridgehead atoms. The molecule has 1 heterocycles. The summed E-state index contributed by atoms with van der Waals surface area (Å²) in [6.45, 7) is 6.98. The van der Waals surface area contributed by atoms with Crippen molar-refractivity contribution in [2.24, 2.45) is 5.41 Å². The minimum Gasteiger partial charge on any atom is -0.277 e. The normalized spacial score (nSPS) is 17.9. The van der Waals surface area contributed by atoms with Crippen molar-refractivity contribution in [3.8, 4) is 0 Å². The molecule has 1 aliphatic heterocycles. The molecule has 4 amide bonds. The Morgan fingerprint density at radius 2 is 1.38 bits per heavy atom. The third-order valence-electron chi connectivity index (χ3n) is 2.31. The zero-order valence-corrected chi connectivity index (χ0v) is 11.2. The standard InChI is InChI=1S/C10H12N2O3.Na/c1-3-5-10(6-4-2)7(13)11-9(15)12-8(10)14;/h3-4H,1-2,5-6H2,(H2,11,12,13,14,15);. The Morgan fingerprint density at radius 3 is 1.69 bits per heavy atom. The topological polar surface area (TPSA) is 75.3 Å². The number of allylic oxidation sites excluding steroid dienone is 2. The zero-order chi connectivity index (χ0) is 11.5. The number of hydrogen-bond acceptors (Lipinski definition) is 3. The van der Waals surface area contributed by atoms with Gasteiger partial charge in [0.25, 0.3) is 0 Å². The summed E-state index contributed by atoms with van der Waals surface area (Å²) in [4.78, 5) is 34.1. The van der Waals surface area contributed by atoms with Crippen LogP contribution in [0.1, 0.15) is 12.8 Å². The average molecular weight is 231 g/mol. The zero-order valence-electron chi connectivity index (χ0n) is 9.21. The van der Waals surface area contributed by atoms with Gasteiger partial charge in [0.05, 0.1) is 0 Å². The summed E-state index contributed by atoms with van der Waals surface area (Å²) in [6, 6.07) is -0.784. The van der Waals surface area contributed by atoms with Gasteiger partial charge in [-0.3, -0.25) is 20.2 Å². The van der Waals surface area contributed by atoms with E-state index in [1.807, 2.05) is 0 Å². The van der Waals surface area contributed by atoms with Crippen LogP contribution in [0.4, 0.5) is 4.79 Å². The second-order valence-corrected chi connectivity index (χ2v) is 3.31. The molecule has 0 aromatic carbocycles. The second kappa shape index (κ2) is 5.98. The van der Waals surface area contributed by atoms with E-state index in [2.05, 4.69) is 23.8 Å². The van der Waals surface area contributed by atoms with E-state index in [1.54, 1.807) is 0 Å². The van der Waals surface area contributed by atoms with Crippen LogP contribution in [-0.4, -0.2) is 47.4 Å². The van der Waals surface area contributed by atoms with Gasteiger partial charge in [-0.15, -0.1) is 13.2 Å². The molecule has 0 spiro atoms. The Kier molecular flexibility index (Phi) is 5.64. The smallest absolute Gasteiger partial charge is 0.277 e. The molecule has 0 unspecified atom stereocenters. The Labute approximate surface area is 116 Å². The Morgan fingerprint density at radius 1 is 1.00 bits per heavy atom. The largest absolute Gasteiger partial charge is 0.328 e. The minimum absolute atomic E-state index is 0. The molecule has 81 valence electrons. The summed E-state index contributed by atoms with van der Waals surface area (Å²) in [6.07, 6.45) is 3.28. The molecule has 0 atom stereocenters. The Balaban J connectivity index is 0.00000225. The molecule has 0 aromatic heterocycles. The van der Waals surface area contributed by atoms with Crippen molar-refractivity contribution in [1.29, 1.82) is 0 Å². The fourth-order valence-corrected chi connectivity index (χ4v) is 1.53. The molecular formula is C10H12N2NaO3. The number of barbiturate groups is 1. The predicted molar refractivity (Wildman–Crippen MR) is 59.5 cm³/mol. The maximum Gasteiger partial charge on any atom is 0.328 e. The average Bonchev–Trinajstić information content (AvgIpc) is 2.14. The van der Waals surface area contributed by atoms with Crippen molar-refractivity contribution in [3.63, 3.8) is 0 Å². The van der Waals surface area contributed by atoms with Crippen LogP contribution in [-0.2, 0) is 9.59 Å². The first kappa shape index (κ1) is 15.1. The van der Waals surface area contributed by atoms with Crippen molar-refractivity contribution < 1.29 is 14.4 Å². The van der Waals surface area contributed by atoms with Gasteiger partial charge in [0.15, 0.2) is 0 Å². The van der Waals surface area contributed by atoms with Crippen LogP contribution in [0.2, 0.25) is 0 Å². The molecule has 16 heavy (non-hydrogen) atoms. The van der Waals surface area contributed by atoms with Gasteiger partial charge >= 0.3 is 6.03 Å². The molecule has 0 saturated carbocycles. The van der Waals surface area contributed by atoms with Crippen LogP contribution in [0.15, 0.2) is 25.3 Å². The Bertz CT molecular complexity index is 320. The van der Waals surface area contributed by atoms with Crippen molar-refractivity contribution in [2.75, 3.05) is 0 Å². The van der Waals surface area contributed by atoms with Gasteiger partial charge in [0.1, 0.15) is 5.41 Å². The van der Waals surface area contributed by atoms with Gasteiger partial charge in [0, 0.05) is 29.6 Å². The van der Waals surface area contributed by atoms with Crippen LogP contribution >= 0.6 is 0 Å². The molecule has 1 aliphatic rings. The van der Waals surface area contributed by atoms with E-state index in [0.717, 1.165) is 0 Å². The van der Waals surface area contributed by atoms with Crippen LogP contribution in [0, 0.1) is 5.41 Å². The number of amides is 4. The number of nitrogens with one attached hydrogen (secondary N) is 2. The van der Waals surface area contributed by atoms with Crippen LogP contribution in [0.3, 0.4) is 0 Å². The molecule has 1 fully saturated rings. The summed E-state index contributed by atoms with van der Waals surface area (Å²) in [5, 5.41) is 4.13. The molecule has 1 rings (SSSR count). The van der Waals surface area contributed by atoms with Gasteiger partial charge in [-0.25, -0.2) is 4.79 Å². The quantitative estimate of drug-likeness (QED) is 0.409. The summed E-state index contributed by atoms with van der Waals surface area (Å²) < 4.78 is 0. The van der Waals surface area contributed by atoms with E-state index in [4.69, 9.17) is 0 Å². The van der Waals surface area contributed by atoms with E-state index < -0.39 is 23.3 Å². The van der Waals surface area contributed by atoms with Crippen molar-refractivity contribution in [3.05, 3.63) is 25.3 Å². The number of urea groups is 1. The third-order valence-corrected chi connectivity index (χ3v) is 2.31. The summed E-state index contributed by atoms with van der Waals surface area (Å²) >= 11 is 0. The van der Waals surface area contributed by atoms with Gasteiger partial charge in [-0.2, -0.15) is 0 Å². The molecule has 5 nitrogen and oxygen atoms in total. The van der Waals surface area contributed by atoms with Crippen molar-refractivity contribution in [2.45, 2.75) is 12.8 Å². The summed E-state index contributed by atoms with van der Waals surface area (Å²) in [5.41, 5.74) is -1.28. The molecule has 1 saturated heterocycles. The molecular weight excluding hydrogens is 219 g/mol.